The number of piperidine rings is 3. The van der Waals surface area contributed by atoms with Crippen LogP contribution in [0.15, 0.2) is 48.7 Å². The molecule has 194 valence electrons. The lowest BCUT2D eigenvalue weighted by molar-refractivity contribution is -0.939. The van der Waals surface area contributed by atoms with E-state index in [-0.39, 0.29) is 42.8 Å². The average Bonchev–Trinajstić information content (AvgIpc) is 3.14. The van der Waals surface area contributed by atoms with Gasteiger partial charge < -0.3 is 26.9 Å². The van der Waals surface area contributed by atoms with Crippen LogP contribution >= 0.6 is 0 Å². The number of aromatic nitrogens is 1. The summed E-state index contributed by atoms with van der Waals surface area (Å²) >= 11 is 0. The van der Waals surface area contributed by atoms with Gasteiger partial charge in [0.05, 0.1) is 18.5 Å². The summed E-state index contributed by atoms with van der Waals surface area (Å²) in [6.07, 6.45) is 9.15. The third kappa shape index (κ3) is 5.42. The first kappa shape index (κ1) is 26.6. The quantitative estimate of drug-likeness (QED) is 0.360. The third-order valence-electron chi connectivity index (χ3n) is 8.47. The van der Waals surface area contributed by atoms with Crippen molar-refractivity contribution in [3.05, 3.63) is 60.0 Å². The van der Waals surface area contributed by atoms with Crippen LogP contribution in [0.1, 0.15) is 56.9 Å². The fraction of sp³-hybridized carbons (Fsp3) is 0.536. The summed E-state index contributed by atoms with van der Waals surface area (Å²) in [5.74, 6) is -0.586. The van der Waals surface area contributed by atoms with Gasteiger partial charge in [0.1, 0.15) is 6.54 Å². The number of anilines is 1. The van der Waals surface area contributed by atoms with Crippen LogP contribution in [-0.4, -0.2) is 53.6 Å². The highest BCUT2D eigenvalue weighted by atomic mass is 35.5. The van der Waals surface area contributed by atoms with Crippen LogP contribution < -0.4 is 17.7 Å². The van der Waals surface area contributed by atoms with E-state index in [1.165, 1.54) is 18.3 Å². The van der Waals surface area contributed by atoms with Crippen molar-refractivity contribution in [3.63, 3.8) is 0 Å². The van der Waals surface area contributed by atoms with Crippen molar-refractivity contribution in [2.24, 2.45) is 5.92 Å². The lowest BCUT2D eigenvalue weighted by Gasteiger charge is -2.52. The van der Waals surface area contributed by atoms with E-state index in [4.69, 9.17) is 4.74 Å². The van der Waals surface area contributed by atoms with Crippen molar-refractivity contribution in [2.75, 3.05) is 31.5 Å². The monoisotopic (exact) mass is 515 g/mol. The molecular weight excluding hydrogens is 481 g/mol. The molecule has 6 nitrogen and oxygen atoms in total. The highest BCUT2D eigenvalue weighted by Gasteiger charge is 2.51. The van der Waals surface area contributed by atoms with Crippen molar-refractivity contribution in [2.45, 2.75) is 62.9 Å². The number of benzene rings is 1. The van der Waals surface area contributed by atoms with E-state index in [9.17, 15) is 14.0 Å². The number of rotatable bonds is 6. The predicted molar refractivity (Wildman–Crippen MR) is 131 cm³/mol. The Labute approximate surface area is 218 Å². The number of quaternary nitrogens is 1. The molecule has 1 amide bonds. The smallest absolute Gasteiger partial charge is 0.317 e. The van der Waals surface area contributed by atoms with Gasteiger partial charge in [0.25, 0.3) is 5.91 Å². The summed E-state index contributed by atoms with van der Waals surface area (Å²) in [6, 6.07) is 12.9. The summed E-state index contributed by atoms with van der Waals surface area (Å²) in [5.41, 5.74) is 0.483. The van der Waals surface area contributed by atoms with Gasteiger partial charge >= 0.3 is 5.97 Å². The Morgan fingerprint density at radius 2 is 1.72 bits per heavy atom. The van der Waals surface area contributed by atoms with Gasteiger partial charge in [-0.1, -0.05) is 56.0 Å². The van der Waals surface area contributed by atoms with Crippen LogP contribution in [0.3, 0.4) is 0 Å². The van der Waals surface area contributed by atoms with Crippen molar-refractivity contribution in [1.82, 2.24) is 4.98 Å². The Bertz CT molecular complexity index is 1050. The van der Waals surface area contributed by atoms with E-state index >= 15 is 0 Å². The van der Waals surface area contributed by atoms with Gasteiger partial charge in [-0.25, -0.2) is 9.37 Å². The molecule has 2 aromatic rings. The SMILES string of the molecule is O=C(C[N+]12CCC(CC1)C(OC(=O)C1(c3ccccc3)CCCCCC1)C2)Nc1ncccc1F.[Cl-]. The maximum Gasteiger partial charge on any atom is 0.317 e. The van der Waals surface area contributed by atoms with Crippen LogP contribution in [0.2, 0.25) is 0 Å². The zero-order valence-electron chi connectivity index (χ0n) is 20.6. The van der Waals surface area contributed by atoms with Crippen molar-refractivity contribution >= 4 is 17.7 Å². The topological polar surface area (TPSA) is 68.3 Å². The van der Waals surface area contributed by atoms with Gasteiger partial charge in [0.2, 0.25) is 0 Å². The van der Waals surface area contributed by atoms with E-state index in [1.54, 1.807) is 0 Å². The standard InChI is InChI=1S/C28H34FN3O3.ClH/c29-23-11-8-16-30-26(23)31-25(33)20-32-17-12-21(13-18-32)24(19-32)35-27(34)28(14-6-1-2-7-15-28)22-9-4-3-5-10-22;/h3-5,8-11,16,21,24H,1-2,6-7,12-15,17-20H2;1H. The van der Waals surface area contributed by atoms with Crippen molar-refractivity contribution in [1.29, 1.82) is 0 Å². The fourth-order valence-electron chi connectivity index (χ4n) is 6.48. The van der Waals surface area contributed by atoms with Crippen LogP contribution in [0.25, 0.3) is 0 Å². The summed E-state index contributed by atoms with van der Waals surface area (Å²) in [6.45, 7) is 2.63. The Hall–Kier alpha value is -2.51. The molecule has 6 rings (SSSR count). The Morgan fingerprint density at radius 1 is 1.03 bits per heavy atom. The number of ether oxygens (including phenoxy) is 1. The van der Waals surface area contributed by atoms with E-state index in [1.807, 2.05) is 18.2 Å². The van der Waals surface area contributed by atoms with Crippen LogP contribution in [-0.2, 0) is 19.7 Å². The number of nitrogens with one attached hydrogen (secondary N) is 1. The molecule has 4 aliphatic rings. The summed E-state index contributed by atoms with van der Waals surface area (Å²) in [4.78, 5) is 30.6. The van der Waals surface area contributed by atoms with Crippen molar-refractivity contribution in [3.8, 4) is 0 Å². The summed E-state index contributed by atoms with van der Waals surface area (Å²) in [5, 5.41) is 2.63. The summed E-state index contributed by atoms with van der Waals surface area (Å²) < 4.78 is 20.9. The van der Waals surface area contributed by atoms with Gasteiger partial charge in [-0.3, -0.25) is 9.59 Å². The van der Waals surface area contributed by atoms with E-state index in [2.05, 4.69) is 22.4 Å². The van der Waals surface area contributed by atoms with Gasteiger partial charge in [-0.2, -0.15) is 0 Å². The normalized spacial score (nSPS) is 26.8. The number of fused-ring (bicyclic) bond motifs is 3. The molecule has 1 N–H and O–H groups in total. The Balaban J connectivity index is 0.00000304. The molecule has 1 unspecified atom stereocenters. The molecule has 1 aliphatic carbocycles. The molecular formula is C28H35ClFN3O3. The van der Waals surface area contributed by atoms with Crippen LogP contribution in [0.5, 0.6) is 0 Å². The number of pyridine rings is 1. The molecule has 1 aromatic carbocycles. The molecule has 36 heavy (non-hydrogen) atoms. The number of carbonyl (C=O) groups is 2. The predicted octanol–water partition coefficient (Wildman–Crippen LogP) is 1.61. The molecule has 8 heteroatoms. The van der Waals surface area contributed by atoms with Crippen LogP contribution in [0.4, 0.5) is 10.2 Å². The highest BCUT2D eigenvalue weighted by Crippen LogP contribution is 2.42. The van der Waals surface area contributed by atoms with Crippen molar-refractivity contribution < 1.29 is 35.6 Å². The first-order chi connectivity index (χ1) is 17.0. The van der Waals surface area contributed by atoms with E-state index in [0.29, 0.717) is 16.9 Å². The lowest BCUT2D eigenvalue weighted by atomic mass is 9.74. The second-order valence-electron chi connectivity index (χ2n) is 10.7. The molecule has 0 spiro atoms. The van der Waals surface area contributed by atoms with Gasteiger partial charge in [-0.05, 0) is 30.5 Å². The molecule has 3 saturated heterocycles. The number of hydrogen-bond donors (Lipinski definition) is 1. The van der Waals surface area contributed by atoms with Gasteiger partial charge in [0, 0.05) is 25.0 Å². The maximum atomic E-state index is 14.0. The molecule has 0 radical (unpaired) electrons. The second kappa shape index (κ2) is 11.3. The Kier molecular flexibility index (Phi) is 8.30. The number of halogens is 2. The first-order valence-electron chi connectivity index (χ1n) is 13.0. The number of esters is 1. The molecule has 1 saturated carbocycles. The fourth-order valence-corrected chi connectivity index (χ4v) is 6.48. The minimum absolute atomic E-state index is 0. The van der Waals surface area contributed by atoms with Crippen LogP contribution in [0, 0.1) is 11.7 Å². The number of carbonyl (C=O) groups excluding carboxylic acids is 2. The summed E-state index contributed by atoms with van der Waals surface area (Å²) in [7, 11) is 0. The lowest BCUT2D eigenvalue weighted by Crippen LogP contribution is -3.00. The van der Waals surface area contributed by atoms with E-state index < -0.39 is 11.2 Å². The molecule has 1 aromatic heterocycles. The molecule has 2 bridgehead atoms. The number of hydrogen-bond acceptors (Lipinski definition) is 4. The largest absolute Gasteiger partial charge is 1.00 e. The minimum atomic E-state index is -0.581. The molecule has 3 aliphatic heterocycles. The molecule has 4 heterocycles. The second-order valence-corrected chi connectivity index (χ2v) is 10.7. The minimum Gasteiger partial charge on any atom is -1.00 e. The maximum absolute atomic E-state index is 14.0. The van der Waals surface area contributed by atoms with Gasteiger partial charge in [0.15, 0.2) is 24.3 Å². The molecule has 4 fully saturated rings. The average molecular weight is 516 g/mol. The Morgan fingerprint density at radius 3 is 2.39 bits per heavy atom. The first-order valence-corrected chi connectivity index (χ1v) is 13.0. The number of nitrogens with zero attached hydrogens (tertiary/aromatic N) is 2. The highest BCUT2D eigenvalue weighted by molar-refractivity contribution is 5.90. The molecule has 1 atom stereocenters. The zero-order chi connectivity index (χ0) is 24.3. The van der Waals surface area contributed by atoms with E-state index in [0.717, 1.165) is 70.0 Å². The van der Waals surface area contributed by atoms with Gasteiger partial charge in [-0.15, -0.1) is 0 Å². The number of amides is 1. The zero-order valence-corrected chi connectivity index (χ0v) is 21.4. The third-order valence-corrected chi connectivity index (χ3v) is 8.47.